The standard InChI is InChI=1S/C12H16N4OS/c1-7-3-4-13-11(7)12-15-9(16-17-12)5-10-14-8(2)6-18-10/h6-7,11,13H,3-5H2,1-2H3. The van der Waals surface area contributed by atoms with Crippen LogP contribution in [0.1, 0.15) is 41.8 Å². The average molecular weight is 264 g/mol. The van der Waals surface area contributed by atoms with Crippen LogP contribution in [-0.4, -0.2) is 21.7 Å². The predicted molar refractivity (Wildman–Crippen MR) is 68.5 cm³/mol. The van der Waals surface area contributed by atoms with Gasteiger partial charge in [0, 0.05) is 11.1 Å². The molecule has 0 aliphatic carbocycles. The van der Waals surface area contributed by atoms with E-state index in [9.17, 15) is 0 Å². The van der Waals surface area contributed by atoms with Gasteiger partial charge in [-0.2, -0.15) is 4.98 Å². The van der Waals surface area contributed by atoms with Gasteiger partial charge in [0.2, 0.25) is 5.89 Å². The first-order chi connectivity index (χ1) is 8.72. The van der Waals surface area contributed by atoms with Crippen molar-refractivity contribution in [3.05, 3.63) is 27.8 Å². The monoisotopic (exact) mass is 264 g/mol. The third kappa shape index (κ3) is 2.30. The first-order valence-corrected chi connectivity index (χ1v) is 7.07. The molecule has 1 fully saturated rings. The Hall–Kier alpha value is -1.27. The molecule has 6 heteroatoms. The second kappa shape index (κ2) is 4.78. The second-order valence-corrected chi connectivity index (χ2v) is 5.75. The summed E-state index contributed by atoms with van der Waals surface area (Å²) in [7, 11) is 0. The Balaban J connectivity index is 1.73. The maximum absolute atomic E-state index is 5.35. The van der Waals surface area contributed by atoms with Crippen molar-refractivity contribution in [1.82, 2.24) is 20.4 Å². The molecule has 0 amide bonds. The fourth-order valence-electron chi connectivity index (χ4n) is 2.25. The molecule has 18 heavy (non-hydrogen) atoms. The van der Waals surface area contributed by atoms with Crippen molar-refractivity contribution in [2.24, 2.45) is 5.92 Å². The van der Waals surface area contributed by atoms with E-state index >= 15 is 0 Å². The summed E-state index contributed by atoms with van der Waals surface area (Å²) >= 11 is 1.64. The third-order valence-corrected chi connectivity index (χ3v) is 4.23. The summed E-state index contributed by atoms with van der Waals surface area (Å²) in [6.45, 7) is 5.22. The number of aromatic nitrogens is 3. The summed E-state index contributed by atoms with van der Waals surface area (Å²) in [6, 6.07) is 0.212. The Kier molecular flexibility index (Phi) is 3.13. The van der Waals surface area contributed by atoms with E-state index in [2.05, 4.69) is 27.4 Å². The van der Waals surface area contributed by atoms with Gasteiger partial charge in [-0.1, -0.05) is 12.1 Å². The van der Waals surface area contributed by atoms with Gasteiger partial charge in [-0.25, -0.2) is 4.98 Å². The zero-order chi connectivity index (χ0) is 12.5. The molecule has 0 radical (unpaired) electrons. The van der Waals surface area contributed by atoms with Crippen molar-refractivity contribution in [2.45, 2.75) is 32.7 Å². The highest BCUT2D eigenvalue weighted by Crippen LogP contribution is 2.27. The fraction of sp³-hybridized carbons (Fsp3) is 0.583. The van der Waals surface area contributed by atoms with E-state index in [1.807, 2.05) is 12.3 Å². The zero-order valence-corrected chi connectivity index (χ0v) is 11.3. The summed E-state index contributed by atoms with van der Waals surface area (Å²) in [5.41, 5.74) is 1.05. The SMILES string of the molecule is Cc1csc(Cc2noc(C3NCCC3C)n2)n1. The Morgan fingerprint density at radius 2 is 2.39 bits per heavy atom. The molecule has 1 N–H and O–H groups in total. The minimum atomic E-state index is 0.212. The molecule has 96 valence electrons. The van der Waals surface area contributed by atoms with E-state index in [4.69, 9.17) is 4.52 Å². The topological polar surface area (TPSA) is 63.8 Å². The van der Waals surface area contributed by atoms with Gasteiger partial charge in [0.05, 0.1) is 12.5 Å². The van der Waals surface area contributed by atoms with Crippen LogP contribution in [-0.2, 0) is 6.42 Å². The Bertz CT molecular complexity index is 536. The lowest BCUT2D eigenvalue weighted by Gasteiger charge is -2.09. The quantitative estimate of drug-likeness (QED) is 0.919. The van der Waals surface area contributed by atoms with Crippen LogP contribution >= 0.6 is 11.3 Å². The number of hydrogen-bond acceptors (Lipinski definition) is 6. The second-order valence-electron chi connectivity index (χ2n) is 4.81. The van der Waals surface area contributed by atoms with Gasteiger partial charge in [-0.15, -0.1) is 11.3 Å². The molecule has 5 nitrogen and oxygen atoms in total. The number of aryl methyl sites for hydroxylation is 1. The predicted octanol–water partition coefficient (Wildman–Crippen LogP) is 2.10. The van der Waals surface area contributed by atoms with Crippen LogP contribution < -0.4 is 5.32 Å². The van der Waals surface area contributed by atoms with Gasteiger partial charge in [0.25, 0.3) is 0 Å². The zero-order valence-electron chi connectivity index (χ0n) is 10.5. The van der Waals surface area contributed by atoms with Crippen LogP contribution in [0.5, 0.6) is 0 Å². The number of thiazole rings is 1. The van der Waals surface area contributed by atoms with E-state index < -0.39 is 0 Å². The van der Waals surface area contributed by atoms with Crippen molar-refractivity contribution >= 4 is 11.3 Å². The molecule has 1 aliphatic rings. The number of rotatable bonds is 3. The molecule has 3 heterocycles. The van der Waals surface area contributed by atoms with Crippen molar-refractivity contribution in [3.63, 3.8) is 0 Å². The first kappa shape index (κ1) is 11.8. The molecule has 1 saturated heterocycles. The summed E-state index contributed by atoms with van der Waals surface area (Å²) in [5, 5.41) is 10.5. The van der Waals surface area contributed by atoms with Crippen LogP contribution in [0.2, 0.25) is 0 Å². The highest BCUT2D eigenvalue weighted by Gasteiger charge is 2.29. The van der Waals surface area contributed by atoms with Gasteiger partial charge in [0.15, 0.2) is 5.82 Å². The van der Waals surface area contributed by atoms with Gasteiger partial charge >= 0.3 is 0 Å². The maximum Gasteiger partial charge on any atom is 0.244 e. The minimum Gasteiger partial charge on any atom is -0.338 e. The molecule has 1 aliphatic heterocycles. The minimum absolute atomic E-state index is 0.212. The third-order valence-electron chi connectivity index (χ3n) is 3.26. The molecule has 2 aromatic heterocycles. The van der Waals surface area contributed by atoms with E-state index in [0.29, 0.717) is 18.2 Å². The molecular weight excluding hydrogens is 248 g/mol. The molecule has 3 rings (SSSR count). The number of nitrogens with one attached hydrogen (secondary N) is 1. The maximum atomic E-state index is 5.35. The molecule has 2 atom stereocenters. The van der Waals surface area contributed by atoms with Crippen molar-refractivity contribution < 1.29 is 4.52 Å². The average Bonchev–Trinajstić information content (AvgIpc) is 3.02. The fourth-order valence-corrected chi connectivity index (χ4v) is 3.02. The van der Waals surface area contributed by atoms with Crippen LogP contribution in [0.25, 0.3) is 0 Å². The van der Waals surface area contributed by atoms with E-state index in [-0.39, 0.29) is 6.04 Å². The van der Waals surface area contributed by atoms with Gasteiger partial charge in [-0.3, -0.25) is 0 Å². The van der Waals surface area contributed by atoms with Crippen molar-refractivity contribution in [3.8, 4) is 0 Å². The lowest BCUT2D eigenvalue weighted by atomic mass is 10.0. The summed E-state index contributed by atoms with van der Waals surface area (Å²) in [5.74, 6) is 1.99. The van der Waals surface area contributed by atoms with Crippen molar-refractivity contribution in [1.29, 1.82) is 0 Å². The van der Waals surface area contributed by atoms with Crippen molar-refractivity contribution in [2.75, 3.05) is 6.54 Å². The highest BCUT2D eigenvalue weighted by molar-refractivity contribution is 7.09. The molecule has 0 saturated carbocycles. The van der Waals surface area contributed by atoms with E-state index in [0.717, 1.165) is 29.5 Å². The largest absolute Gasteiger partial charge is 0.338 e. The highest BCUT2D eigenvalue weighted by atomic mass is 32.1. The first-order valence-electron chi connectivity index (χ1n) is 6.19. The van der Waals surface area contributed by atoms with Gasteiger partial charge in [0.1, 0.15) is 5.01 Å². The Labute approximate surface area is 110 Å². The lowest BCUT2D eigenvalue weighted by molar-refractivity contribution is 0.317. The number of hydrogen-bond donors (Lipinski definition) is 1. The van der Waals surface area contributed by atoms with Crippen LogP contribution in [0.3, 0.4) is 0 Å². The van der Waals surface area contributed by atoms with E-state index in [1.54, 1.807) is 11.3 Å². The summed E-state index contributed by atoms with van der Waals surface area (Å²) < 4.78 is 5.35. The summed E-state index contributed by atoms with van der Waals surface area (Å²) in [4.78, 5) is 8.88. The Morgan fingerprint density at radius 1 is 1.50 bits per heavy atom. The smallest absolute Gasteiger partial charge is 0.244 e. The molecule has 2 aromatic rings. The molecule has 2 unspecified atom stereocenters. The lowest BCUT2D eigenvalue weighted by Crippen LogP contribution is -2.16. The van der Waals surface area contributed by atoms with Crippen LogP contribution in [0.15, 0.2) is 9.90 Å². The van der Waals surface area contributed by atoms with Gasteiger partial charge < -0.3 is 9.84 Å². The molecule has 0 aromatic carbocycles. The van der Waals surface area contributed by atoms with Crippen LogP contribution in [0.4, 0.5) is 0 Å². The number of nitrogens with zero attached hydrogens (tertiary/aromatic N) is 3. The molecule has 0 bridgehead atoms. The molecular formula is C12H16N4OS. The normalized spacial score (nSPS) is 23.7. The summed E-state index contributed by atoms with van der Waals surface area (Å²) in [6.07, 6.45) is 1.82. The van der Waals surface area contributed by atoms with Gasteiger partial charge in [-0.05, 0) is 25.8 Å². The Morgan fingerprint density at radius 3 is 3.06 bits per heavy atom. The van der Waals surface area contributed by atoms with Crippen LogP contribution in [0, 0.1) is 12.8 Å². The van der Waals surface area contributed by atoms with E-state index in [1.165, 1.54) is 0 Å². The molecule has 0 spiro atoms.